The maximum atomic E-state index is 14.0. The summed E-state index contributed by atoms with van der Waals surface area (Å²) in [5.74, 6) is 2.33. The SMILES string of the molecule is CC1(C)ON=C(c2ccc(C(=O)N(c3ncccc3-c3ccccc3)[C@@H]3CCCNC3)cc2)C1=O.CC1(C)ON=C(c2ccc(C(=O)N(c3ncccc3-c3ccccc3)[C@@H]3CCCNC3)cc2)C1=O.CC1(C)ON=C(c2ccc(C(=O)N(c3ncccc3C3CC3)[C@@H]3CCCNC3)cc2)C1=O.Cc1cccnc1N(C(=O)c1ccc(C2=NOC(C)(C)/C2=N\O)cc1)[C@@H]1CCCNC1. The average Bonchev–Trinajstić information content (AvgIpc) is 1.39. The molecule has 0 radical (unpaired) electrons. The predicted octanol–water partition coefficient (Wildman–Crippen LogP) is 15.0. The quantitative estimate of drug-likeness (QED) is 0.0371. The number of amides is 4. The molecule has 12 heterocycles. The lowest BCUT2D eigenvalue weighted by molar-refractivity contribution is -0.128. The molecule has 1 saturated carbocycles. The number of rotatable bonds is 19. The fourth-order valence-corrected chi connectivity index (χ4v) is 17.5. The largest absolute Gasteiger partial charge is 0.410 e. The Morgan fingerprint density at radius 1 is 0.338 bits per heavy atom. The van der Waals surface area contributed by atoms with Crippen molar-refractivity contribution in [1.29, 1.82) is 0 Å². The van der Waals surface area contributed by atoms with Crippen LogP contribution in [-0.4, -0.2) is 194 Å². The second-order valence-electron chi connectivity index (χ2n) is 36.4. The van der Waals surface area contributed by atoms with E-state index in [0.717, 1.165) is 148 Å². The van der Waals surface area contributed by atoms with Gasteiger partial charge in [-0.1, -0.05) is 147 Å². The second kappa shape index (κ2) is 40.4. The number of nitrogens with one attached hydrogen (secondary N) is 4. The molecule has 1 aliphatic carbocycles. The number of piperidine rings is 4. The number of benzene rings is 6. The number of hydrogen-bond acceptors (Lipinski definition) is 25. The van der Waals surface area contributed by atoms with Crippen LogP contribution in [0.5, 0.6) is 0 Å². The second-order valence-corrected chi connectivity index (χ2v) is 36.4. The molecule has 4 amide bonds. The molecule has 5 N–H and O–H groups in total. The van der Waals surface area contributed by atoms with Crippen LogP contribution in [0.2, 0.25) is 0 Å². The first-order valence-corrected chi connectivity index (χ1v) is 45.7. The summed E-state index contributed by atoms with van der Waals surface area (Å²) in [6.07, 6.45) is 16.9. The summed E-state index contributed by atoms with van der Waals surface area (Å²) in [6, 6.07) is 63.9. The van der Waals surface area contributed by atoms with Crippen LogP contribution in [0.4, 0.5) is 23.3 Å². The molecule has 0 spiro atoms. The van der Waals surface area contributed by atoms with Crippen LogP contribution in [0.15, 0.2) is 257 Å². The molecule has 10 aromatic rings. The van der Waals surface area contributed by atoms with Gasteiger partial charge in [0.1, 0.15) is 29.0 Å². The molecular weight excluding hydrogens is 1680 g/mol. The van der Waals surface area contributed by atoms with E-state index in [4.69, 9.17) is 19.4 Å². The van der Waals surface area contributed by atoms with Crippen LogP contribution in [0.1, 0.15) is 200 Å². The summed E-state index contributed by atoms with van der Waals surface area (Å²) in [7, 11) is 0. The molecule has 8 aliphatic heterocycles. The number of aryl methyl sites for hydroxylation is 1. The normalized spacial score (nSPS) is 20.4. The monoisotopic (exact) mass is 1790 g/mol. The number of Topliss-reactive ketones (excluding diaryl/α,β-unsaturated/α-hetero) is 3. The Morgan fingerprint density at radius 2 is 0.632 bits per heavy atom. The van der Waals surface area contributed by atoms with E-state index < -0.39 is 22.4 Å². The zero-order chi connectivity index (χ0) is 93.1. The van der Waals surface area contributed by atoms with Gasteiger partial charge in [0.2, 0.25) is 17.3 Å². The molecule has 4 atom stereocenters. The number of carbonyl (C=O) groups is 7. The molecule has 4 saturated heterocycles. The fraction of sp³-hybridized carbons (Fsp3) is 0.346. The minimum atomic E-state index is -0.971. The van der Waals surface area contributed by atoms with Crippen molar-refractivity contribution in [2.45, 2.75) is 179 Å². The van der Waals surface area contributed by atoms with E-state index in [9.17, 15) is 38.8 Å². The third kappa shape index (κ3) is 20.4. The molecule has 133 heavy (non-hydrogen) atoms. The van der Waals surface area contributed by atoms with Crippen LogP contribution >= 0.6 is 0 Å². The van der Waals surface area contributed by atoms with Gasteiger partial charge in [0.15, 0.2) is 45.3 Å². The van der Waals surface area contributed by atoms with Crippen molar-refractivity contribution in [3.63, 3.8) is 0 Å². The highest BCUT2D eigenvalue weighted by atomic mass is 16.7. The highest BCUT2D eigenvalue weighted by Gasteiger charge is 2.45. The highest BCUT2D eigenvalue weighted by molar-refractivity contribution is 6.52. The predicted molar refractivity (Wildman–Crippen MR) is 512 cm³/mol. The van der Waals surface area contributed by atoms with Crippen molar-refractivity contribution in [3.05, 3.63) is 287 Å². The van der Waals surface area contributed by atoms with Gasteiger partial charge in [-0.05, 0) is 266 Å². The van der Waals surface area contributed by atoms with Crippen LogP contribution in [0.25, 0.3) is 22.3 Å². The van der Waals surface area contributed by atoms with E-state index in [-0.39, 0.29) is 76.6 Å². The smallest absolute Gasteiger partial charge is 0.259 e. The number of ketones is 3. The summed E-state index contributed by atoms with van der Waals surface area (Å²) in [6.45, 7) is 22.4. The summed E-state index contributed by atoms with van der Waals surface area (Å²) in [5.41, 5.74) is 8.72. The molecule has 6 aromatic carbocycles. The molecular formula is C104H111N17O12. The van der Waals surface area contributed by atoms with Crippen molar-refractivity contribution < 1.29 is 58.1 Å². The average molecular weight is 1790 g/mol. The van der Waals surface area contributed by atoms with Gasteiger partial charge in [0.05, 0.1) is 24.2 Å². The maximum absolute atomic E-state index is 14.0. The van der Waals surface area contributed by atoms with Gasteiger partial charge < -0.3 is 45.8 Å². The van der Waals surface area contributed by atoms with Crippen molar-refractivity contribution >= 4 is 92.8 Å². The van der Waals surface area contributed by atoms with Crippen molar-refractivity contribution in [2.75, 3.05) is 72.0 Å². The number of oxime groups is 5. The van der Waals surface area contributed by atoms with Crippen LogP contribution in [-0.2, 0) is 33.7 Å². The topological polar surface area (TPSA) is 351 Å². The first kappa shape index (κ1) is 92.3. The Balaban J connectivity index is 0.000000129. The van der Waals surface area contributed by atoms with Gasteiger partial charge in [-0.3, -0.25) is 53.2 Å². The summed E-state index contributed by atoms with van der Waals surface area (Å²) >= 11 is 0. The summed E-state index contributed by atoms with van der Waals surface area (Å²) in [4.78, 5) is 140. The first-order valence-electron chi connectivity index (χ1n) is 45.7. The summed E-state index contributed by atoms with van der Waals surface area (Å²) in [5, 5.41) is 42.4. The number of anilines is 4. The van der Waals surface area contributed by atoms with Gasteiger partial charge in [0, 0.05) is 107 Å². The Kier molecular flexibility index (Phi) is 28.0. The summed E-state index contributed by atoms with van der Waals surface area (Å²) < 4.78 is 0. The van der Waals surface area contributed by atoms with Crippen molar-refractivity contribution in [2.24, 2.45) is 25.8 Å². The lowest BCUT2D eigenvalue weighted by Gasteiger charge is -2.35. The standard InChI is InChI=1S/2C28H28N4O3.C25H28N4O3.C23H27N5O3/c2*1-28(2)25(33)24(31-35-28)20-12-14-21(15-13-20)27(34)32(22-10-6-16-29-18-22)26-23(11-7-17-30-26)19-8-4-3-5-9-19;1-25(2)22(30)21(28-32-25)17-9-11-18(12-10-17)24(31)29(19-5-3-13-26-15-19)23-20(16-7-8-16)6-4-14-27-23;1-15-6-4-13-25-21(15)28(18-7-5-12-24-14-18)22(29)17-10-8-16(9-11-17)19-20(26-30)23(2,3)31-27-19/h2*3-5,7-9,11-15,17,22,29H,6,10,16,18H2,1-2H3;4,6,9-12,14,16,19,26H,3,5,7-8,13,15H2,1-2H3;4,6,8-11,13,18,24,30H,5,7,12,14H2,1-3H3/b;;;26-20-/t2*22-;19-;18-/m1111/s1. The molecule has 4 aromatic heterocycles. The van der Waals surface area contributed by atoms with Crippen LogP contribution < -0.4 is 40.9 Å². The molecule has 19 rings (SSSR count). The molecule has 5 fully saturated rings. The van der Waals surface area contributed by atoms with Gasteiger partial charge >= 0.3 is 0 Å². The molecule has 29 nitrogen and oxygen atoms in total. The lowest BCUT2D eigenvalue weighted by Crippen LogP contribution is -2.49. The Labute approximate surface area is 773 Å². The van der Waals surface area contributed by atoms with E-state index in [2.05, 4.69) is 73.0 Å². The van der Waals surface area contributed by atoms with Gasteiger partial charge in [-0.15, -0.1) is 0 Å². The number of carbonyl (C=O) groups excluding carboxylic acids is 7. The lowest BCUT2D eigenvalue weighted by atomic mass is 9.94. The first-order chi connectivity index (χ1) is 64.3. The number of aromatic nitrogens is 4. The third-order valence-corrected chi connectivity index (χ3v) is 25.2. The molecule has 0 bridgehead atoms. The Bertz CT molecular complexity index is 5890. The van der Waals surface area contributed by atoms with Crippen molar-refractivity contribution in [1.82, 2.24) is 41.2 Å². The Hall–Kier alpha value is -14.0. The van der Waals surface area contributed by atoms with E-state index in [1.54, 1.807) is 177 Å². The molecule has 29 heteroatoms. The fourth-order valence-electron chi connectivity index (χ4n) is 17.5. The number of pyridine rings is 4. The maximum Gasteiger partial charge on any atom is 0.259 e. The van der Waals surface area contributed by atoms with Gasteiger partial charge in [-0.25, -0.2) is 19.9 Å². The van der Waals surface area contributed by atoms with E-state index in [0.29, 0.717) is 92.5 Å². The van der Waals surface area contributed by atoms with Gasteiger partial charge in [-0.2, -0.15) is 0 Å². The van der Waals surface area contributed by atoms with Gasteiger partial charge in [0.25, 0.3) is 23.6 Å². The van der Waals surface area contributed by atoms with E-state index in [1.165, 1.54) is 0 Å². The van der Waals surface area contributed by atoms with Crippen molar-refractivity contribution in [3.8, 4) is 22.3 Å². The van der Waals surface area contributed by atoms with E-state index in [1.807, 2.05) is 130 Å². The van der Waals surface area contributed by atoms with Crippen LogP contribution in [0.3, 0.4) is 0 Å². The molecule has 684 valence electrons. The van der Waals surface area contributed by atoms with E-state index >= 15 is 0 Å². The van der Waals surface area contributed by atoms with Crippen LogP contribution in [0, 0.1) is 6.92 Å². The Morgan fingerprint density at radius 3 is 0.940 bits per heavy atom. The minimum absolute atomic E-state index is 0.0247. The molecule has 9 aliphatic rings. The number of nitrogens with zero attached hydrogens (tertiary/aromatic N) is 13. The zero-order valence-electron chi connectivity index (χ0n) is 76.3. The highest BCUT2D eigenvalue weighted by Crippen LogP contribution is 2.45. The zero-order valence-corrected chi connectivity index (χ0v) is 76.3. The third-order valence-electron chi connectivity index (χ3n) is 25.2. The minimum Gasteiger partial charge on any atom is -0.410 e. The molecule has 0 unspecified atom stereocenters. The number of hydrogen-bond donors (Lipinski definition) is 5.